The Bertz CT molecular complexity index is 498. The Morgan fingerprint density at radius 2 is 2.25 bits per heavy atom. The summed E-state index contributed by atoms with van der Waals surface area (Å²) in [5, 5.41) is 14.3. The smallest absolute Gasteiger partial charge is 0.124 e. The van der Waals surface area contributed by atoms with E-state index >= 15 is 0 Å². The molecule has 5 nitrogen and oxygen atoms in total. The van der Waals surface area contributed by atoms with Crippen LogP contribution in [-0.4, -0.2) is 24.4 Å². The van der Waals surface area contributed by atoms with Crippen LogP contribution in [0.2, 0.25) is 0 Å². The highest BCUT2D eigenvalue weighted by Crippen LogP contribution is 2.37. The van der Waals surface area contributed by atoms with E-state index in [1.54, 1.807) is 23.4 Å². The van der Waals surface area contributed by atoms with Crippen molar-refractivity contribution in [3.63, 3.8) is 0 Å². The molecule has 0 aliphatic heterocycles. The highest BCUT2D eigenvalue weighted by Gasteiger charge is 2.28. The van der Waals surface area contributed by atoms with Crippen LogP contribution < -0.4 is 0 Å². The number of hydrogen-bond donors (Lipinski definition) is 1. The normalized spacial score (nSPS) is 17.6. The molecule has 2 heterocycles. The van der Waals surface area contributed by atoms with Crippen molar-refractivity contribution in [2.24, 2.45) is 7.05 Å². The van der Waals surface area contributed by atoms with Crippen LogP contribution in [0.3, 0.4) is 0 Å². The predicted molar refractivity (Wildman–Crippen MR) is 57.8 cm³/mol. The molecule has 16 heavy (non-hydrogen) atoms. The molecule has 5 heteroatoms. The van der Waals surface area contributed by atoms with Gasteiger partial charge in [0.2, 0.25) is 0 Å². The first-order valence-corrected chi connectivity index (χ1v) is 5.44. The van der Waals surface area contributed by atoms with Crippen LogP contribution in [0.1, 0.15) is 36.2 Å². The fourth-order valence-electron chi connectivity index (χ4n) is 1.94. The number of nitrogens with zero attached hydrogens (tertiary/aromatic N) is 4. The van der Waals surface area contributed by atoms with E-state index in [4.69, 9.17) is 0 Å². The molecule has 0 amide bonds. The summed E-state index contributed by atoms with van der Waals surface area (Å²) in [6.45, 7) is 0. The summed E-state index contributed by atoms with van der Waals surface area (Å²) in [6, 6.07) is 0.531. The van der Waals surface area contributed by atoms with E-state index in [1.165, 1.54) is 12.8 Å². The van der Waals surface area contributed by atoms with E-state index < -0.39 is 6.10 Å². The van der Waals surface area contributed by atoms with Crippen molar-refractivity contribution >= 4 is 0 Å². The van der Waals surface area contributed by atoms with Gasteiger partial charge in [-0.05, 0) is 12.8 Å². The summed E-state index contributed by atoms with van der Waals surface area (Å²) < 4.78 is 3.76. The molecule has 2 aromatic heterocycles. The number of aromatic nitrogens is 4. The molecule has 0 spiro atoms. The third-order valence-corrected chi connectivity index (χ3v) is 2.96. The fourth-order valence-corrected chi connectivity index (χ4v) is 1.94. The second-order valence-corrected chi connectivity index (χ2v) is 4.31. The van der Waals surface area contributed by atoms with E-state index in [2.05, 4.69) is 14.6 Å². The lowest BCUT2D eigenvalue weighted by Gasteiger charge is -2.11. The van der Waals surface area contributed by atoms with Gasteiger partial charge in [0.15, 0.2) is 0 Å². The van der Waals surface area contributed by atoms with Crippen molar-refractivity contribution < 1.29 is 5.11 Å². The van der Waals surface area contributed by atoms with E-state index in [0.29, 0.717) is 6.04 Å². The summed E-state index contributed by atoms with van der Waals surface area (Å²) >= 11 is 0. The first-order chi connectivity index (χ1) is 7.75. The lowest BCUT2D eigenvalue weighted by Crippen LogP contribution is -2.06. The Kier molecular flexibility index (Phi) is 2.07. The SMILES string of the molecule is Cn1cc(C(O)c2cncn2C2CC2)cn1. The largest absolute Gasteiger partial charge is 0.382 e. The van der Waals surface area contributed by atoms with E-state index in [-0.39, 0.29) is 0 Å². The highest BCUT2D eigenvalue weighted by atomic mass is 16.3. The molecule has 1 fully saturated rings. The molecule has 3 rings (SSSR count). The van der Waals surface area contributed by atoms with Crippen LogP contribution in [0, 0.1) is 0 Å². The number of aliphatic hydroxyl groups is 1. The molecule has 0 saturated heterocycles. The summed E-state index contributed by atoms with van der Waals surface area (Å²) in [4.78, 5) is 4.11. The van der Waals surface area contributed by atoms with Gasteiger partial charge in [-0.3, -0.25) is 4.68 Å². The Labute approximate surface area is 93.3 Å². The molecule has 84 valence electrons. The molecule has 1 atom stereocenters. The van der Waals surface area contributed by atoms with Gasteiger partial charge in [-0.25, -0.2) is 4.98 Å². The average molecular weight is 218 g/mol. The summed E-state index contributed by atoms with van der Waals surface area (Å²) in [6.07, 6.45) is 8.79. The summed E-state index contributed by atoms with van der Waals surface area (Å²) in [7, 11) is 1.84. The molecule has 0 bridgehead atoms. The van der Waals surface area contributed by atoms with Gasteiger partial charge in [0.25, 0.3) is 0 Å². The first kappa shape index (κ1) is 9.59. The third kappa shape index (κ3) is 1.53. The van der Waals surface area contributed by atoms with Crippen molar-refractivity contribution in [2.45, 2.75) is 25.0 Å². The van der Waals surface area contributed by atoms with Crippen LogP contribution in [0.5, 0.6) is 0 Å². The zero-order valence-corrected chi connectivity index (χ0v) is 9.11. The highest BCUT2D eigenvalue weighted by molar-refractivity contribution is 5.21. The fraction of sp³-hybridized carbons (Fsp3) is 0.455. The molecule has 0 aromatic carbocycles. The first-order valence-electron chi connectivity index (χ1n) is 5.44. The number of imidazole rings is 1. The van der Waals surface area contributed by atoms with Gasteiger partial charge in [0.05, 0.1) is 24.4 Å². The van der Waals surface area contributed by atoms with E-state index in [0.717, 1.165) is 11.3 Å². The van der Waals surface area contributed by atoms with Gasteiger partial charge in [-0.1, -0.05) is 0 Å². The van der Waals surface area contributed by atoms with Crippen LogP contribution in [0.15, 0.2) is 24.9 Å². The molecule has 1 saturated carbocycles. The minimum absolute atomic E-state index is 0.531. The van der Waals surface area contributed by atoms with Crippen molar-refractivity contribution in [1.29, 1.82) is 0 Å². The number of aliphatic hydroxyl groups excluding tert-OH is 1. The molecule has 1 aliphatic carbocycles. The van der Waals surface area contributed by atoms with Gasteiger partial charge >= 0.3 is 0 Å². The van der Waals surface area contributed by atoms with Crippen molar-refractivity contribution in [3.8, 4) is 0 Å². The van der Waals surface area contributed by atoms with Crippen LogP contribution in [0.4, 0.5) is 0 Å². The maximum absolute atomic E-state index is 10.2. The predicted octanol–water partition coefficient (Wildman–Crippen LogP) is 1.03. The monoisotopic (exact) mass is 218 g/mol. The Morgan fingerprint density at radius 1 is 1.44 bits per heavy atom. The third-order valence-electron chi connectivity index (χ3n) is 2.96. The zero-order valence-electron chi connectivity index (χ0n) is 9.11. The summed E-state index contributed by atoms with van der Waals surface area (Å²) in [5.74, 6) is 0. The lowest BCUT2D eigenvalue weighted by molar-refractivity contribution is 0.209. The van der Waals surface area contributed by atoms with Crippen LogP contribution in [-0.2, 0) is 7.05 Å². The van der Waals surface area contributed by atoms with Crippen LogP contribution >= 0.6 is 0 Å². The number of aryl methyl sites for hydroxylation is 1. The number of rotatable bonds is 3. The standard InChI is InChI=1S/C11H14N4O/c1-14-6-8(4-13-14)11(16)10-5-12-7-15(10)9-2-3-9/h4-7,9,11,16H,2-3H2,1H3. The quantitative estimate of drug-likeness (QED) is 0.837. The maximum atomic E-state index is 10.2. The van der Waals surface area contributed by atoms with E-state index in [9.17, 15) is 5.11 Å². The Hall–Kier alpha value is -1.62. The van der Waals surface area contributed by atoms with Gasteiger partial charge < -0.3 is 9.67 Å². The molecular weight excluding hydrogens is 204 g/mol. The number of hydrogen-bond acceptors (Lipinski definition) is 3. The Morgan fingerprint density at radius 3 is 2.88 bits per heavy atom. The second-order valence-electron chi connectivity index (χ2n) is 4.31. The molecule has 2 aromatic rings. The minimum Gasteiger partial charge on any atom is -0.382 e. The van der Waals surface area contributed by atoms with Gasteiger partial charge in [-0.2, -0.15) is 5.10 Å². The molecule has 1 aliphatic rings. The van der Waals surface area contributed by atoms with Crippen molar-refractivity contribution in [2.75, 3.05) is 0 Å². The van der Waals surface area contributed by atoms with Gasteiger partial charge in [0, 0.05) is 24.8 Å². The summed E-state index contributed by atoms with van der Waals surface area (Å²) in [5.41, 5.74) is 1.67. The topological polar surface area (TPSA) is 55.9 Å². The Balaban J connectivity index is 1.93. The molecule has 0 radical (unpaired) electrons. The maximum Gasteiger partial charge on any atom is 0.124 e. The lowest BCUT2D eigenvalue weighted by atomic mass is 10.1. The molecule has 1 N–H and O–H groups in total. The molecular formula is C11H14N4O. The zero-order chi connectivity index (χ0) is 11.1. The van der Waals surface area contributed by atoms with Gasteiger partial charge in [-0.15, -0.1) is 0 Å². The second kappa shape index (κ2) is 3.45. The van der Waals surface area contributed by atoms with Crippen LogP contribution in [0.25, 0.3) is 0 Å². The average Bonchev–Trinajstić information content (AvgIpc) is 2.85. The molecule has 1 unspecified atom stereocenters. The minimum atomic E-state index is -0.628. The van der Waals surface area contributed by atoms with E-state index in [1.807, 2.05) is 13.2 Å². The van der Waals surface area contributed by atoms with Crippen molar-refractivity contribution in [3.05, 3.63) is 36.2 Å². The van der Waals surface area contributed by atoms with Crippen molar-refractivity contribution in [1.82, 2.24) is 19.3 Å². The van der Waals surface area contributed by atoms with Gasteiger partial charge in [0.1, 0.15) is 6.10 Å².